The molecule has 0 aliphatic carbocycles. The van der Waals surface area contributed by atoms with Crippen LogP contribution in [0.4, 0.5) is 0 Å². The van der Waals surface area contributed by atoms with Gasteiger partial charge in [-0.25, -0.2) is 0 Å². The molecule has 1 aromatic heterocycles. The maximum absolute atomic E-state index is 8.93. The van der Waals surface area contributed by atoms with Crippen LogP contribution in [0, 0.1) is 0 Å². The van der Waals surface area contributed by atoms with Gasteiger partial charge in [0.15, 0.2) is 5.76 Å². The molecule has 0 fully saturated rings. The predicted octanol–water partition coefficient (Wildman–Crippen LogP) is 3.27. The molecule has 0 atom stereocenters. The van der Waals surface area contributed by atoms with Crippen LogP contribution in [0.2, 0.25) is 5.02 Å². The van der Waals surface area contributed by atoms with E-state index in [1.807, 2.05) is 19.9 Å². The lowest BCUT2D eigenvalue weighted by molar-refractivity contribution is 0.242. The number of aliphatic hydroxyl groups is 1. The Labute approximate surface area is 110 Å². The monoisotopic (exact) mass is 267 g/mol. The van der Waals surface area contributed by atoms with Crippen LogP contribution in [0.25, 0.3) is 11.3 Å². The molecule has 0 radical (unpaired) electrons. The number of hydrogen-bond donors (Lipinski definition) is 1. The van der Waals surface area contributed by atoms with Gasteiger partial charge in [0, 0.05) is 11.6 Å². The zero-order chi connectivity index (χ0) is 13.1. The molecule has 0 amide bonds. The minimum Gasteiger partial charge on any atom is -0.489 e. The fraction of sp³-hybridized carbons (Fsp3) is 0.308. The molecule has 2 aromatic rings. The van der Waals surface area contributed by atoms with Crippen molar-refractivity contribution in [1.29, 1.82) is 0 Å². The predicted molar refractivity (Wildman–Crippen MR) is 68.6 cm³/mol. The third kappa shape index (κ3) is 2.83. The normalized spacial score (nSPS) is 10.9. The first kappa shape index (κ1) is 12.9. The summed E-state index contributed by atoms with van der Waals surface area (Å²) in [6, 6.07) is 7.06. The molecule has 1 aromatic carbocycles. The average molecular weight is 268 g/mol. The lowest BCUT2D eigenvalue weighted by Crippen LogP contribution is -2.05. The summed E-state index contributed by atoms with van der Waals surface area (Å²) in [4.78, 5) is 0. The van der Waals surface area contributed by atoms with Gasteiger partial charge in [0.25, 0.3) is 0 Å². The Morgan fingerprint density at radius 3 is 2.72 bits per heavy atom. The van der Waals surface area contributed by atoms with Gasteiger partial charge in [0.2, 0.25) is 0 Å². The van der Waals surface area contributed by atoms with E-state index in [4.69, 9.17) is 26.0 Å². The standard InChI is InChI=1S/C13H14ClNO3/c1-8(2)17-12-4-3-9(5-11(12)14)13-6-10(7-16)15-18-13/h3-6,8,16H,7H2,1-2H3. The minimum atomic E-state index is -0.147. The van der Waals surface area contributed by atoms with E-state index < -0.39 is 0 Å². The van der Waals surface area contributed by atoms with Crippen LogP contribution in [0.3, 0.4) is 0 Å². The molecule has 0 saturated carbocycles. The molecule has 1 heterocycles. The molecule has 96 valence electrons. The molecule has 1 N–H and O–H groups in total. The van der Waals surface area contributed by atoms with Crippen molar-refractivity contribution in [3.63, 3.8) is 0 Å². The van der Waals surface area contributed by atoms with E-state index in [1.54, 1.807) is 18.2 Å². The second kappa shape index (κ2) is 5.42. The number of halogens is 1. The van der Waals surface area contributed by atoms with Crippen LogP contribution in [-0.2, 0) is 6.61 Å². The first-order valence-electron chi connectivity index (χ1n) is 5.63. The molecule has 0 bridgehead atoms. The van der Waals surface area contributed by atoms with Gasteiger partial charge in [-0.1, -0.05) is 16.8 Å². The average Bonchev–Trinajstić information content (AvgIpc) is 2.80. The van der Waals surface area contributed by atoms with Gasteiger partial charge in [-0.3, -0.25) is 0 Å². The number of rotatable bonds is 4. The third-order valence-corrected chi connectivity index (χ3v) is 2.60. The number of hydrogen-bond acceptors (Lipinski definition) is 4. The highest BCUT2D eigenvalue weighted by molar-refractivity contribution is 6.32. The summed E-state index contributed by atoms with van der Waals surface area (Å²) in [6.45, 7) is 3.73. The van der Waals surface area contributed by atoms with E-state index in [2.05, 4.69) is 5.16 Å². The second-order valence-corrected chi connectivity index (χ2v) is 4.56. The van der Waals surface area contributed by atoms with Crippen LogP contribution in [0.5, 0.6) is 5.75 Å². The molecule has 2 rings (SSSR count). The summed E-state index contributed by atoms with van der Waals surface area (Å²) in [5.74, 6) is 1.20. The van der Waals surface area contributed by atoms with Gasteiger partial charge >= 0.3 is 0 Å². The topological polar surface area (TPSA) is 55.5 Å². The smallest absolute Gasteiger partial charge is 0.167 e. The maximum atomic E-state index is 8.93. The van der Waals surface area contributed by atoms with Crippen molar-refractivity contribution >= 4 is 11.6 Å². The molecule has 5 heteroatoms. The van der Waals surface area contributed by atoms with Crippen LogP contribution < -0.4 is 4.74 Å². The third-order valence-electron chi connectivity index (χ3n) is 2.30. The van der Waals surface area contributed by atoms with Gasteiger partial charge in [0.05, 0.1) is 17.7 Å². The number of ether oxygens (including phenoxy) is 1. The van der Waals surface area contributed by atoms with E-state index in [0.29, 0.717) is 22.2 Å². The van der Waals surface area contributed by atoms with E-state index in [0.717, 1.165) is 5.56 Å². The number of nitrogens with zero attached hydrogens (tertiary/aromatic N) is 1. The molecule has 0 spiro atoms. The fourth-order valence-electron chi connectivity index (χ4n) is 1.53. The summed E-state index contributed by atoms with van der Waals surface area (Å²) in [7, 11) is 0. The van der Waals surface area contributed by atoms with Gasteiger partial charge in [0.1, 0.15) is 11.4 Å². The van der Waals surface area contributed by atoms with Gasteiger partial charge in [-0.05, 0) is 32.0 Å². The molecule has 0 saturated heterocycles. The fourth-order valence-corrected chi connectivity index (χ4v) is 1.75. The highest BCUT2D eigenvalue weighted by atomic mass is 35.5. The SMILES string of the molecule is CC(C)Oc1ccc(-c2cc(CO)no2)cc1Cl. The summed E-state index contributed by atoms with van der Waals surface area (Å²) < 4.78 is 10.7. The van der Waals surface area contributed by atoms with Crippen molar-refractivity contribution in [3.05, 3.63) is 35.0 Å². The van der Waals surface area contributed by atoms with Crippen LogP contribution >= 0.6 is 11.6 Å². The second-order valence-electron chi connectivity index (χ2n) is 4.15. The Morgan fingerprint density at radius 1 is 1.39 bits per heavy atom. The highest BCUT2D eigenvalue weighted by Gasteiger charge is 2.10. The van der Waals surface area contributed by atoms with E-state index >= 15 is 0 Å². The van der Waals surface area contributed by atoms with Crippen LogP contribution in [0.15, 0.2) is 28.8 Å². The highest BCUT2D eigenvalue weighted by Crippen LogP contribution is 2.31. The Morgan fingerprint density at radius 2 is 2.17 bits per heavy atom. The zero-order valence-electron chi connectivity index (χ0n) is 10.2. The van der Waals surface area contributed by atoms with Crippen molar-refractivity contribution in [2.45, 2.75) is 26.6 Å². The van der Waals surface area contributed by atoms with Gasteiger partial charge < -0.3 is 14.4 Å². The van der Waals surface area contributed by atoms with E-state index in [-0.39, 0.29) is 12.7 Å². The summed E-state index contributed by atoms with van der Waals surface area (Å²) in [6.07, 6.45) is 0.0691. The Kier molecular flexibility index (Phi) is 3.89. The van der Waals surface area contributed by atoms with Crippen molar-refractivity contribution in [1.82, 2.24) is 5.16 Å². The van der Waals surface area contributed by atoms with Crippen molar-refractivity contribution < 1.29 is 14.4 Å². The zero-order valence-corrected chi connectivity index (χ0v) is 10.9. The number of benzene rings is 1. The molecule has 0 aliphatic heterocycles. The lowest BCUT2D eigenvalue weighted by Gasteiger charge is -2.11. The van der Waals surface area contributed by atoms with Gasteiger partial charge in [-0.15, -0.1) is 0 Å². The molecule has 4 nitrogen and oxygen atoms in total. The Bertz CT molecular complexity index is 537. The first-order valence-corrected chi connectivity index (χ1v) is 6.01. The number of aliphatic hydroxyl groups excluding tert-OH is 1. The lowest BCUT2D eigenvalue weighted by atomic mass is 10.1. The van der Waals surface area contributed by atoms with Gasteiger partial charge in [-0.2, -0.15) is 0 Å². The Balaban J connectivity index is 2.28. The largest absolute Gasteiger partial charge is 0.489 e. The molecule has 0 unspecified atom stereocenters. The number of aromatic nitrogens is 1. The quantitative estimate of drug-likeness (QED) is 0.924. The van der Waals surface area contributed by atoms with Crippen molar-refractivity contribution in [2.75, 3.05) is 0 Å². The molecular formula is C13H14ClNO3. The minimum absolute atomic E-state index is 0.0691. The van der Waals surface area contributed by atoms with E-state index in [9.17, 15) is 0 Å². The van der Waals surface area contributed by atoms with E-state index in [1.165, 1.54) is 0 Å². The molecular weight excluding hydrogens is 254 g/mol. The van der Waals surface area contributed by atoms with Crippen molar-refractivity contribution in [2.24, 2.45) is 0 Å². The van der Waals surface area contributed by atoms with Crippen LogP contribution in [0.1, 0.15) is 19.5 Å². The van der Waals surface area contributed by atoms with Crippen LogP contribution in [-0.4, -0.2) is 16.4 Å². The molecule has 18 heavy (non-hydrogen) atoms. The molecule has 0 aliphatic rings. The van der Waals surface area contributed by atoms with Crippen molar-refractivity contribution in [3.8, 4) is 17.1 Å². The summed E-state index contributed by atoms with van der Waals surface area (Å²) in [5, 5.41) is 13.2. The maximum Gasteiger partial charge on any atom is 0.167 e. The Hall–Kier alpha value is -1.52. The first-order chi connectivity index (χ1) is 8.60. The summed E-state index contributed by atoms with van der Waals surface area (Å²) in [5.41, 5.74) is 1.28. The summed E-state index contributed by atoms with van der Waals surface area (Å²) >= 11 is 6.13.